The van der Waals surface area contributed by atoms with Crippen molar-refractivity contribution in [3.05, 3.63) is 64.7 Å². The van der Waals surface area contributed by atoms with E-state index in [1.807, 2.05) is 31.2 Å². The molecule has 1 aliphatic rings. The van der Waals surface area contributed by atoms with Crippen LogP contribution in [0.4, 0.5) is 0 Å². The Balaban J connectivity index is 2.09. The molecular weight excluding hydrogens is 388 g/mol. The Bertz CT molecular complexity index is 937. The lowest BCUT2D eigenvalue weighted by Gasteiger charge is -2.12. The lowest BCUT2D eigenvalue weighted by Crippen LogP contribution is -2.28. The van der Waals surface area contributed by atoms with Crippen LogP contribution < -0.4 is 0 Å². The molecule has 2 aromatic rings. The molecule has 0 heterocycles. The number of ether oxygens (including phenoxy) is 1. The predicted octanol–water partition coefficient (Wildman–Crippen LogP) is 3.56. The molecule has 27 heavy (non-hydrogen) atoms. The minimum atomic E-state index is -3.89. The van der Waals surface area contributed by atoms with Gasteiger partial charge in [-0.25, -0.2) is 8.42 Å². The fourth-order valence-corrected chi connectivity index (χ4v) is 6.28. The molecule has 0 radical (unpaired) electrons. The molecule has 0 spiro atoms. The van der Waals surface area contributed by atoms with Crippen molar-refractivity contribution in [3.63, 3.8) is 0 Å². The van der Waals surface area contributed by atoms with Crippen molar-refractivity contribution < 1.29 is 23.1 Å². The zero-order valence-corrected chi connectivity index (χ0v) is 16.6. The number of hydrogen-bond donors (Lipinski definition) is 1. The van der Waals surface area contributed by atoms with E-state index in [2.05, 4.69) is 0 Å². The second-order valence-corrected chi connectivity index (χ2v) is 9.28. The van der Waals surface area contributed by atoms with Gasteiger partial charge >= 0.3 is 5.97 Å². The number of carbonyl (C=O) groups is 1. The number of rotatable bonds is 7. The molecule has 144 valence electrons. The average molecular weight is 409 g/mol. The van der Waals surface area contributed by atoms with Gasteiger partial charge in [0, 0.05) is 18.1 Å². The molecule has 2 aromatic carbocycles. The number of benzene rings is 2. The van der Waals surface area contributed by atoms with Gasteiger partial charge in [-0.3, -0.25) is 4.79 Å². The highest BCUT2D eigenvalue weighted by Crippen LogP contribution is 2.64. The van der Waals surface area contributed by atoms with Crippen molar-refractivity contribution in [3.8, 4) is 0 Å². The van der Waals surface area contributed by atoms with Crippen molar-refractivity contribution in [1.82, 2.24) is 0 Å². The van der Waals surface area contributed by atoms with Gasteiger partial charge in [-0.1, -0.05) is 42.8 Å². The van der Waals surface area contributed by atoms with Crippen LogP contribution in [0.15, 0.2) is 53.4 Å². The van der Waals surface area contributed by atoms with E-state index in [1.54, 1.807) is 0 Å². The van der Waals surface area contributed by atoms with Crippen LogP contribution in [0.25, 0.3) is 0 Å². The molecule has 3 rings (SSSR count). The van der Waals surface area contributed by atoms with Crippen LogP contribution in [0.2, 0.25) is 5.02 Å². The monoisotopic (exact) mass is 408 g/mol. The summed E-state index contributed by atoms with van der Waals surface area (Å²) in [6, 6.07) is 13.2. The van der Waals surface area contributed by atoms with Crippen LogP contribution >= 0.6 is 11.6 Å². The molecule has 3 atom stereocenters. The Morgan fingerprint density at radius 2 is 1.74 bits per heavy atom. The summed E-state index contributed by atoms with van der Waals surface area (Å²) in [5, 5.41) is 9.24. The Morgan fingerprint density at radius 3 is 2.22 bits per heavy atom. The third kappa shape index (κ3) is 3.26. The van der Waals surface area contributed by atoms with E-state index < -0.39 is 32.4 Å². The van der Waals surface area contributed by atoms with Gasteiger partial charge in [-0.05, 0) is 41.8 Å². The molecule has 1 fully saturated rings. The van der Waals surface area contributed by atoms with Gasteiger partial charge < -0.3 is 9.84 Å². The van der Waals surface area contributed by atoms with Crippen LogP contribution in [-0.4, -0.2) is 38.5 Å². The number of methoxy groups -OCH3 is 1. The number of aliphatic carboxylic acids is 1. The Hall–Kier alpha value is -1.89. The highest BCUT2D eigenvalue weighted by molar-refractivity contribution is 7.92. The summed E-state index contributed by atoms with van der Waals surface area (Å²) >= 11 is 5.86. The fraction of sp³-hybridized carbons (Fsp3) is 0.350. The maximum atomic E-state index is 13.2. The van der Waals surface area contributed by atoms with E-state index in [0.717, 1.165) is 12.0 Å². The standard InChI is InChI=1S/C20H21ClO5S/c1-3-13-4-6-14(7-5-13)17-18(20(17,12-26-2)19(22)23)27(24,25)16-10-8-15(21)9-11-16/h4-11,17-18H,3,12H2,1-2H3,(H,22,23)/t17-,18+,20-/m0/s1. The van der Waals surface area contributed by atoms with E-state index in [4.69, 9.17) is 16.3 Å². The number of hydrogen-bond acceptors (Lipinski definition) is 4. The lowest BCUT2D eigenvalue weighted by atomic mass is 9.99. The number of sulfone groups is 1. The molecule has 0 bridgehead atoms. The quantitative estimate of drug-likeness (QED) is 0.757. The summed E-state index contributed by atoms with van der Waals surface area (Å²) in [6.45, 7) is 1.84. The van der Waals surface area contributed by atoms with Crippen LogP contribution in [0.1, 0.15) is 24.0 Å². The molecule has 0 unspecified atom stereocenters. The van der Waals surface area contributed by atoms with Crippen LogP contribution in [-0.2, 0) is 25.8 Å². The van der Waals surface area contributed by atoms with Crippen molar-refractivity contribution >= 4 is 27.4 Å². The third-order valence-electron chi connectivity index (χ3n) is 5.26. The summed E-state index contributed by atoms with van der Waals surface area (Å²) < 4.78 is 31.6. The van der Waals surface area contributed by atoms with Crippen molar-refractivity contribution in [2.24, 2.45) is 5.41 Å². The van der Waals surface area contributed by atoms with Gasteiger partial charge in [0.1, 0.15) is 5.41 Å². The molecule has 1 N–H and O–H groups in total. The minimum absolute atomic E-state index is 0.0614. The Labute approximate surface area is 163 Å². The van der Waals surface area contributed by atoms with Crippen molar-refractivity contribution in [2.75, 3.05) is 13.7 Å². The van der Waals surface area contributed by atoms with Crippen LogP contribution in [0.3, 0.4) is 0 Å². The van der Waals surface area contributed by atoms with Crippen molar-refractivity contribution in [2.45, 2.75) is 29.4 Å². The van der Waals surface area contributed by atoms with Gasteiger partial charge in [-0.2, -0.15) is 0 Å². The SMILES string of the molecule is CCc1ccc([C@H]2[C@@H](S(=O)(=O)c3ccc(Cl)cc3)[C@@]2(COC)C(=O)O)cc1. The van der Waals surface area contributed by atoms with Crippen LogP contribution in [0, 0.1) is 5.41 Å². The van der Waals surface area contributed by atoms with Gasteiger partial charge in [0.05, 0.1) is 16.8 Å². The first-order valence-corrected chi connectivity index (χ1v) is 10.5. The molecule has 1 saturated carbocycles. The minimum Gasteiger partial charge on any atom is -0.481 e. The van der Waals surface area contributed by atoms with Crippen LogP contribution in [0.5, 0.6) is 0 Å². The third-order valence-corrected chi connectivity index (χ3v) is 7.80. The lowest BCUT2D eigenvalue weighted by molar-refractivity contribution is -0.145. The van der Waals surface area contributed by atoms with E-state index in [-0.39, 0.29) is 11.5 Å². The van der Waals surface area contributed by atoms with E-state index >= 15 is 0 Å². The molecular formula is C20H21ClO5S. The number of carboxylic acids is 1. The first-order valence-electron chi connectivity index (χ1n) is 8.59. The summed E-state index contributed by atoms with van der Waals surface area (Å²) in [6.07, 6.45) is 0.847. The molecule has 7 heteroatoms. The fourth-order valence-electron chi connectivity index (χ4n) is 3.79. The topological polar surface area (TPSA) is 80.7 Å². The predicted molar refractivity (Wildman–Crippen MR) is 103 cm³/mol. The zero-order chi connectivity index (χ0) is 19.8. The second-order valence-electron chi connectivity index (χ2n) is 6.77. The number of aryl methyl sites for hydroxylation is 1. The van der Waals surface area contributed by atoms with Crippen molar-refractivity contribution in [1.29, 1.82) is 0 Å². The molecule has 0 amide bonds. The molecule has 0 aliphatic heterocycles. The van der Waals surface area contributed by atoms with Gasteiger partial charge in [0.2, 0.25) is 0 Å². The summed E-state index contributed by atoms with van der Waals surface area (Å²) in [7, 11) is -2.51. The molecule has 1 aliphatic carbocycles. The maximum Gasteiger partial charge on any atom is 0.314 e. The van der Waals surface area contributed by atoms with E-state index in [9.17, 15) is 18.3 Å². The van der Waals surface area contributed by atoms with Gasteiger partial charge in [-0.15, -0.1) is 0 Å². The summed E-state index contributed by atoms with van der Waals surface area (Å²) in [4.78, 5) is 12.2. The first-order chi connectivity index (χ1) is 12.8. The summed E-state index contributed by atoms with van der Waals surface area (Å²) in [5.74, 6) is -1.85. The Morgan fingerprint density at radius 1 is 1.15 bits per heavy atom. The smallest absolute Gasteiger partial charge is 0.314 e. The van der Waals surface area contributed by atoms with E-state index in [0.29, 0.717) is 10.6 Å². The largest absolute Gasteiger partial charge is 0.481 e. The second kappa shape index (κ2) is 7.26. The highest BCUT2D eigenvalue weighted by Gasteiger charge is 2.76. The maximum absolute atomic E-state index is 13.2. The van der Waals surface area contributed by atoms with Gasteiger partial charge in [0.15, 0.2) is 9.84 Å². The van der Waals surface area contributed by atoms with E-state index in [1.165, 1.54) is 31.4 Å². The normalized spacial score (nSPS) is 24.6. The highest BCUT2D eigenvalue weighted by atomic mass is 35.5. The van der Waals surface area contributed by atoms with Gasteiger partial charge in [0.25, 0.3) is 0 Å². The Kier molecular flexibility index (Phi) is 5.34. The average Bonchev–Trinajstić information content (AvgIpc) is 3.33. The molecule has 0 saturated heterocycles. The molecule has 5 nitrogen and oxygen atoms in total. The number of halogens is 1. The zero-order valence-electron chi connectivity index (χ0n) is 15.1. The first kappa shape index (κ1) is 19.9. The summed E-state index contributed by atoms with van der Waals surface area (Å²) in [5.41, 5.74) is 0.277. The number of carboxylic acid groups (broad SMARTS) is 1. The molecule has 0 aromatic heterocycles.